The fourth-order valence-electron chi connectivity index (χ4n) is 8.82. The summed E-state index contributed by atoms with van der Waals surface area (Å²) in [6.07, 6.45) is 10.1. The van der Waals surface area contributed by atoms with Gasteiger partial charge in [0.1, 0.15) is 23.7 Å². The van der Waals surface area contributed by atoms with Crippen molar-refractivity contribution in [3.63, 3.8) is 0 Å². The number of benzene rings is 2. The van der Waals surface area contributed by atoms with Crippen molar-refractivity contribution in [2.45, 2.75) is 140 Å². The minimum absolute atomic E-state index is 0.0287. The number of aliphatic hydroxyl groups is 4. The Labute approximate surface area is 343 Å². The van der Waals surface area contributed by atoms with Crippen LogP contribution in [-0.4, -0.2) is 79.2 Å². The molecule has 10 heteroatoms. The topological polar surface area (TPSA) is 174 Å². The van der Waals surface area contributed by atoms with Crippen LogP contribution in [0.1, 0.15) is 113 Å². The van der Waals surface area contributed by atoms with E-state index in [-0.39, 0.29) is 60.6 Å². The lowest BCUT2D eigenvalue weighted by molar-refractivity contribution is -0.138. The lowest BCUT2D eigenvalue weighted by Gasteiger charge is -2.19. The number of carboxylic acids is 2. The molecule has 2 saturated carbocycles. The molecule has 58 heavy (non-hydrogen) atoms. The van der Waals surface area contributed by atoms with Gasteiger partial charge in [-0.05, 0) is 62.5 Å². The molecule has 2 heterocycles. The minimum atomic E-state index is -0.790. The van der Waals surface area contributed by atoms with E-state index in [4.69, 9.17) is 19.7 Å². The van der Waals surface area contributed by atoms with E-state index in [2.05, 4.69) is 23.7 Å². The van der Waals surface area contributed by atoms with Gasteiger partial charge in [0.15, 0.2) is 0 Å². The van der Waals surface area contributed by atoms with Gasteiger partial charge >= 0.3 is 11.9 Å². The molecule has 10 nitrogen and oxygen atoms in total. The van der Waals surface area contributed by atoms with Crippen LogP contribution in [0.3, 0.4) is 0 Å². The van der Waals surface area contributed by atoms with Crippen LogP contribution >= 0.6 is 0 Å². The van der Waals surface area contributed by atoms with Gasteiger partial charge in [-0.1, -0.05) is 74.5 Å². The van der Waals surface area contributed by atoms with Crippen LogP contribution in [0.4, 0.5) is 0 Å². The van der Waals surface area contributed by atoms with Crippen LogP contribution in [0.5, 0.6) is 11.5 Å². The van der Waals surface area contributed by atoms with Crippen LogP contribution < -0.4 is 9.47 Å². The number of hydrogen-bond donors (Lipinski definition) is 6. The molecule has 2 aliphatic carbocycles. The second-order valence-electron chi connectivity index (χ2n) is 16.3. The fourth-order valence-corrected chi connectivity index (χ4v) is 8.82. The van der Waals surface area contributed by atoms with Gasteiger partial charge in [-0.2, -0.15) is 0 Å². The van der Waals surface area contributed by atoms with Gasteiger partial charge in [0, 0.05) is 73.3 Å². The number of aliphatic hydroxyl groups excluding tert-OH is 4. The summed E-state index contributed by atoms with van der Waals surface area (Å²) in [5.41, 5.74) is 4.21. The molecule has 6 rings (SSSR count). The molecule has 12 atom stereocenters. The Kier molecular flexibility index (Phi) is 16.0. The first-order valence-corrected chi connectivity index (χ1v) is 20.7. The number of carbonyl (C=O) groups is 2. The predicted molar refractivity (Wildman–Crippen MR) is 221 cm³/mol. The molecule has 0 unspecified atom stereocenters. The number of aryl methyl sites for hydroxylation is 2. The maximum Gasteiger partial charge on any atom is 0.303 e. The van der Waals surface area contributed by atoms with Gasteiger partial charge in [-0.3, -0.25) is 9.59 Å². The first-order chi connectivity index (χ1) is 27.8. The normalized spacial score (nSPS) is 26.9. The summed E-state index contributed by atoms with van der Waals surface area (Å²) in [5.74, 6) is 11.7. The average molecular weight is 797 g/mol. The van der Waals surface area contributed by atoms with Gasteiger partial charge < -0.3 is 40.1 Å². The maximum atomic E-state index is 10.8. The molecule has 0 radical (unpaired) electrons. The molecule has 0 bridgehead atoms. The standard InChI is InChI=1S/2C24H30O5/c2*1-3-4-7-15(2)19(25)13-12-17-20(26)14-21-23(17)18-10-5-8-16(24(18)29-21)9-6-11-22(27)28/h2*5,8,10,12-13,15,17,19-21,23,25-26H,6-7,9,11,14H2,1-2H3,(H,27,28)/b2*13-12+/t2*15-,17-,19+,20+,21-,23-/m10/s1. The number of rotatable bonds is 16. The summed E-state index contributed by atoms with van der Waals surface area (Å²) in [6, 6.07) is 12.0. The van der Waals surface area contributed by atoms with Gasteiger partial charge in [0.25, 0.3) is 0 Å². The van der Waals surface area contributed by atoms with E-state index in [9.17, 15) is 30.0 Å². The zero-order chi connectivity index (χ0) is 41.9. The van der Waals surface area contributed by atoms with E-state index < -0.39 is 36.4 Å². The Morgan fingerprint density at radius 2 is 1.10 bits per heavy atom. The van der Waals surface area contributed by atoms with Crippen molar-refractivity contribution in [1.82, 2.24) is 0 Å². The Bertz CT molecular complexity index is 1770. The molecule has 2 aromatic carbocycles. The smallest absolute Gasteiger partial charge is 0.303 e. The summed E-state index contributed by atoms with van der Waals surface area (Å²) in [6.45, 7) is 7.50. The van der Waals surface area contributed by atoms with Crippen molar-refractivity contribution in [3.05, 3.63) is 83.0 Å². The summed E-state index contributed by atoms with van der Waals surface area (Å²) in [4.78, 5) is 21.6. The third-order valence-corrected chi connectivity index (χ3v) is 12.1. The highest BCUT2D eigenvalue weighted by Gasteiger charge is 2.50. The number of aliphatic carboxylic acids is 2. The zero-order valence-electron chi connectivity index (χ0n) is 34.1. The van der Waals surface area contributed by atoms with E-state index in [0.29, 0.717) is 51.4 Å². The number of para-hydroxylation sites is 2. The first-order valence-electron chi connectivity index (χ1n) is 20.7. The van der Waals surface area contributed by atoms with Crippen molar-refractivity contribution >= 4 is 11.9 Å². The highest BCUT2D eigenvalue weighted by atomic mass is 16.5. The van der Waals surface area contributed by atoms with Gasteiger partial charge in [-0.15, -0.1) is 23.7 Å². The molecule has 2 aromatic rings. The molecule has 312 valence electrons. The van der Waals surface area contributed by atoms with E-state index in [1.54, 1.807) is 26.0 Å². The van der Waals surface area contributed by atoms with Crippen molar-refractivity contribution in [2.24, 2.45) is 23.7 Å². The Hall–Kier alpha value is -4.58. The van der Waals surface area contributed by atoms with Crippen LogP contribution in [0.25, 0.3) is 0 Å². The fraction of sp³-hybridized carbons (Fsp3) is 0.542. The summed E-state index contributed by atoms with van der Waals surface area (Å²) in [5, 5.41) is 59.7. The number of ether oxygens (including phenoxy) is 2. The minimum Gasteiger partial charge on any atom is -0.489 e. The van der Waals surface area contributed by atoms with E-state index in [1.165, 1.54) is 0 Å². The van der Waals surface area contributed by atoms with Crippen LogP contribution in [0.2, 0.25) is 0 Å². The number of fused-ring (bicyclic) bond motifs is 6. The summed E-state index contributed by atoms with van der Waals surface area (Å²) < 4.78 is 12.4. The average Bonchev–Trinajstić information content (AvgIpc) is 3.91. The molecular weight excluding hydrogens is 737 g/mol. The van der Waals surface area contributed by atoms with Gasteiger partial charge in [0.2, 0.25) is 0 Å². The van der Waals surface area contributed by atoms with Crippen LogP contribution in [-0.2, 0) is 22.4 Å². The molecular formula is C48H60O10. The number of carboxylic acid groups (broad SMARTS) is 2. The molecule has 0 spiro atoms. The third kappa shape index (κ3) is 10.9. The van der Waals surface area contributed by atoms with Crippen LogP contribution in [0, 0.1) is 47.4 Å². The molecule has 4 aliphatic rings. The van der Waals surface area contributed by atoms with E-state index in [1.807, 2.05) is 62.4 Å². The molecule has 0 aromatic heterocycles. The van der Waals surface area contributed by atoms with Gasteiger partial charge in [0.05, 0.1) is 24.4 Å². The largest absolute Gasteiger partial charge is 0.489 e. The van der Waals surface area contributed by atoms with Crippen molar-refractivity contribution in [1.29, 1.82) is 0 Å². The van der Waals surface area contributed by atoms with Gasteiger partial charge in [-0.25, -0.2) is 0 Å². The van der Waals surface area contributed by atoms with Crippen LogP contribution in [0.15, 0.2) is 60.7 Å². The summed E-state index contributed by atoms with van der Waals surface area (Å²) in [7, 11) is 0. The van der Waals surface area contributed by atoms with E-state index in [0.717, 1.165) is 33.8 Å². The molecule has 2 aliphatic heterocycles. The predicted octanol–water partition coefficient (Wildman–Crippen LogP) is 6.57. The number of hydrogen-bond acceptors (Lipinski definition) is 8. The Morgan fingerprint density at radius 1 is 0.707 bits per heavy atom. The molecule has 2 fully saturated rings. The highest BCUT2D eigenvalue weighted by molar-refractivity contribution is 5.67. The molecule has 0 saturated heterocycles. The molecule has 0 amide bonds. The second kappa shape index (κ2) is 20.9. The Morgan fingerprint density at radius 3 is 1.47 bits per heavy atom. The highest BCUT2D eigenvalue weighted by Crippen LogP contribution is 2.53. The lowest BCUT2D eigenvalue weighted by Crippen LogP contribution is -2.19. The third-order valence-electron chi connectivity index (χ3n) is 12.1. The second-order valence-corrected chi connectivity index (χ2v) is 16.3. The quantitative estimate of drug-likeness (QED) is 0.0806. The monoisotopic (exact) mass is 796 g/mol. The first kappa shape index (κ1) is 44.5. The molecule has 6 N–H and O–H groups in total. The summed E-state index contributed by atoms with van der Waals surface area (Å²) >= 11 is 0. The van der Waals surface area contributed by atoms with E-state index >= 15 is 0 Å². The zero-order valence-corrected chi connectivity index (χ0v) is 34.1. The van der Waals surface area contributed by atoms with Crippen molar-refractivity contribution in [2.75, 3.05) is 0 Å². The SMILES string of the molecule is CC#CC[C@@H](C)[C@@H](O)/C=C/[C@H]1[C@@H]2c3cccc(CCCC(=O)O)c3O[C@@H]2C[C@@H]1O.CC#CC[C@H](C)[C@H](O)/C=C/[C@@H]1[C@H]2c3cccc(CCCC(=O)O)c3O[C@H]2C[C@H]1O. The maximum absolute atomic E-state index is 10.8. The lowest BCUT2D eigenvalue weighted by atomic mass is 9.86. The van der Waals surface area contributed by atoms with Crippen molar-refractivity contribution < 1.29 is 49.7 Å². The van der Waals surface area contributed by atoms with Crippen molar-refractivity contribution in [3.8, 4) is 35.2 Å². The Balaban J connectivity index is 0.000000221.